The summed E-state index contributed by atoms with van der Waals surface area (Å²) in [6, 6.07) is -1.02. The maximum absolute atomic E-state index is 12.8. The number of hydrogen-bond donors (Lipinski definition) is 2. The summed E-state index contributed by atoms with van der Waals surface area (Å²) >= 11 is 0. The summed E-state index contributed by atoms with van der Waals surface area (Å²) in [5, 5.41) is 2.15. The van der Waals surface area contributed by atoms with E-state index < -0.39 is 35.2 Å². The largest absolute Gasteiger partial charge is 0.318 e. The van der Waals surface area contributed by atoms with Crippen molar-refractivity contribution in [1.29, 1.82) is 0 Å². The van der Waals surface area contributed by atoms with E-state index in [-0.39, 0.29) is 24.0 Å². The molecule has 0 aliphatic carbocycles. The summed E-state index contributed by atoms with van der Waals surface area (Å²) in [4.78, 5) is 49.4. The number of rotatable bonds is 3. The van der Waals surface area contributed by atoms with Crippen LogP contribution in [-0.4, -0.2) is 40.1 Å². The highest BCUT2D eigenvalue weighted by atomic mass is 16.2. The predicted octanol–water partition coefficient (Wildman–Crippen LogP) is 0.327. The summed E-state index contributed by atoms with van der Waals surface area (Å²) in [6.45, 7) is 12.6. The van der Waals surface area contributed by atoms with Gasteiger partial charge in [0.2, 0.25) is 11.8 Å². The van der Waals surface area contributed by atoms with Crippen LogP contribution in [0.1, 0.15) is 33.6 Å². The smallest absolute Gasteiger partial charge is 0.262 e. The van der Waals surface area contributed by atoms with Gasteiger partial charge in [-0.1, -0.05) is 18.7 Å². The minimum atomic E-state index is -1.02. The second kappa shape index (κ2) is 5.83. The molecule has 0 spiro atoms. The summed E-state index contributed by atoms with van der Waals surface area (Å²) in [5.41, 5.74) is 6.43. The van der Waals surface area contributed by atoms with Gasteiger partial charge in [-0.15, -0.1) is 0 Å². The van der Waals surface area contributed by atoms with Gasteiger partial charge in [-0.25, -0.2) is 0 Å². The number of nitrogens with two attached hydrogens (primary N) is 1. The van der Waals surface area contributed by atoms with Gasteiger partial charge in [0.05, 0.1) is 11.1 Å². The van der Waals surface area contributed by atoms with Crippen molar-refractivity contribution < 1.29 is 19.2 Å². The van der Waals surface area contributed by atoms with E-state index in [1.807, 2.05) is 0 Å². The Balaban J connectivity index is 2.47. The van der Waals surface area contributed by atoms with E-state index in [0.29, 0.717) is 11.1 Å². The topological polar surface area (TPSA) is 110 Å². The Kier molecular flexibility index (Phi) is 4.32. The highest BCUT2D eigenvalue weighted by Gasteiger charge is 2.47. The van der Waals surface area contributed by atoms with Crippen LogP contribution in [0.15, 0.2) is 35.5 Å². The van der Waals surface area contributed by atoms with Gasteiger partial charge in [0, 0.05) is 12.0 Å². The van der Waals surface area contributed by atoms with Crippen LogP contribution >= 0.6 is 0 Å². The Morgan fingerprint density at radius 3 is 2.33 bits per heavy atom. The lowest BCUT2D eigenvalue weighted by Crippen LogP contribution is -2.54. The first-order chi connectivity index (χ1) is 11.0. The molecule has 0 aromatic rings. The first kappa shape index (κ1) is 17.8. The third-order valence-corrected chi connectivity index (χ3v) is 4.77. The molecule has 2 fully saturated rings. The van der Waals surface area contributed by atoms with Gasteiger partial charge in [-0.05, 0) is 32.8 Å². The zero-order valence-corrected chi connectivity index (χ0v) is 14.1. The fourth-order valence-corrected chi connectivity index (χ4v) is 2.77. The van der Waals surface area contributed by atoms with Crippen molar-refractivity contribution in [2.45, 2.75) is 45.2 Å². The third kappa shape index (κ3) is 2.60. The zero-order valence-electron chi connectivity index (χ0n) is 14.1. The van der Waals surface area contributed by atoms with Crippen molar-refractivity contribution in [1.82, 2.24) is 10.2 Å². The number of carbonyl (C=O) groups excluding carboxylic acids is 4. The van der Waals surface area contributed by atoms with Crippen molar-refractivity contribution in [3.63, 3.8) is 0 Å². The molecule has 2 heterocycles. The molecule has 3 N–H and O–H groups in total. The molecular weight excluding hydrogens is 310 g/mol. The predicted molar refractivity (Wildman–Crippen MR) is 87.3 cm³/mol. The number of carbonyl (C=O) groups is 4. The highest BCUT2D eigenvalue weighted by molar-refractivity contribution is 6.26. The maximum Gasteiger partial charge on any atom is 0.262 e. The highest BCUT2D eigenvalue weighted by Crippen LogP contribution is 2.34. The molecule has 0 aromatic heterocycles. The average Bonchev–Trinajstić information content (AvgIpc) is 2.69. The SMILES string of the molecule is C=C1C(=O)N(C2CCC(=O)NC2=O)C(=O)/C1=C(/C)C(C)(N)C(=C)C. The van der Waals surface area contributed by atoms with Crippen molar-refractivity contribution >= 4 is 23.6 Å². The number of piperidine rings is 1. The van der Waals surface area contributed by atoms with Crippen molar-refractivity contribution in [3.8, 4) is 0 Å². The molecular formula is C17H21N3O4. The quantitative estimate of drug-likeness (QED) is 0.440. The molecule has 7 nitrogen and oxygen atoms in total. The molecule has 0 saturated carbocycles. The molecule has 7 heteroatoms. The van der Waals surface area contributed by atoms with Gasteiger partial charge >= 0.3 is 0 Å². The molecule has 2 rings (SSSR count). The Morgan fingerprint density at radius 1 is 1.25 bits per heavy atom. The van der Waals surface area contributed by atoms with Crippen LogP contribution < -0.4 is 11.1 Å². The molecule has 2 unspecified atom stereocenters. The first-order valence-electron chi connectivity index (χ1n) is 7.57. The fraction of sp³-hybridized carbons (Fsp3) is 0.412. The van der Waals surface area contributed by atoms with Crippen LogP contribution in [-0.2, 0) is 19.2 Å². The van der Waals surface area contributed by atoms with Crippen LogP contribution in [0.3, 0.4) is 0 Å². The summed E-state index contributed by atoms with van der Waals surface area (Å²) in [7, 11) is 0. The van der Waals surface area contributed by atoms with Gasteiger partial charge in [0.25, 0.3) is 11.8 Å². The minimum Gasteiger partial charge on any atom is -0.318 e. The molecule has 4 amide bonds. The Morgan fingerprint density at radius 2 is 1.83 bits per heavy atom. The number of nitrogens with zero attached hydrogens (tertiary/aromatic N) is 1. The standard InChI is InChI=1S/C17H21N3O4/c1-8(2)17(5,18)10(4)13-9(3)15(23)20(16(13)24)11-6-7-12(21)19-14(11)22/h11H,1,3,6-7,18H2,2,4-5H3,(H,19,21,22)/b13-10-. The molecule has 128 valence electrons. The number of imide groups is 2. The van der Waals surface area contributed by atoms with Gasteiger partial charge in [-0.3, -0.25) is 29.4 Å². The van der Waals surface area contributed by atoms with Crippen LogP contribution in [0.2, 0.25) is 0 Å². The lowest BCUT2D eigenvalue weighted by Gasteiger charge is -2.29. The van der Waals surface area contributed by atoms with E-state index in [9.17, 15) is 19.2 Å². The molecule has 0 aromatic carbocycles. The van der Waals surface area contributed by atoms with Crippen molar-refractivity contribution in [3.05, 3.63) is 35.5 Å². The molecule has 24 heavy (non-hydrogen) atoms. The maximum atomic E-state index is 12.8. The summed E-state index contributed by atoms with van der Waals surface area (Å²) in [5.74, 6) is -2.33. The van der Waals surface area contributed by atoms with Crippen LogP contribution in [0.5, 0.6) is 0 Å². The third-order valence-electron chi connectivity index (χ3n) is 4.77. The summed E-state index contributed by atoms with van der Waals surface area (Å²) < 4.78 is 0. The summed E-state index contributed by atoms with van der Waals surface area (Å²) in [6.07, 6.45) is 0.167. The number of hydrogen-bond acceptors (Lipinski definition) is 5. The van der Waals surface area contributed by atoms with Gasteiger partial charge in [0.1, 0.15) is 6.04 Å². The Labute approximate surface area is 140 Å². The van der Waals surface area contributed by atoms with Crippen LogP contribution in [0, 0.1) is 0 Å². The fourth-order valence-electron chi connectivity index (χ4n) is 2.77. The lowest BCUT2D eigenvalue weighted by molar-refractivity contribution is -0.149. The van der Waals surface area contributed by atoms with Crippen LogP contribution in [0.25, 0.3) is 0 Å². The van der Waals surface area contributed by atoms with E-state index in [4.69, 9.17) is 5.73 Å². The van der Waals surface area contributed by atoms with E-state index in [2.05, 4.69) is 18.5 Å². The average molecular weight is 331 g/mol. The van der Waals surface area contributed by atoms with E-state index in [1.165, 1.54) is 0 Å². The monoisotopic (exact) mass is 331 g/mol. The second-order valence-electron chi connectivity index (χ2n) is 6.41. The molecule has 2 aliphatic heterocycles. The zero-order chi connectivity index (χ0) is 18.4. The molecule has 2 atom stereocenters. The van der Waals surface area contributed by atoms with Crippen molar-refractivity contribution in [2.24, 2.45) is 5.73 Å². The lowest BCUT2D eigenvalue weighted by atomic mass is 9.83. The number of nitrogens with one attached hydrogen (secondary N) is 1. The molecule has 0 radical (unpaired) electrons. The number of amides is 4. The minimum absolute atomic E-state index is 0.000116. The van der Waals surface area contributed by atoms with E-state index >= 15 is 0 Å². The van der Waals surface area contributed by atoms with Crippen LogP contribution in [0.4, 0.5) is 0 Å². The van der Waals surface area contributed by atoms with Gasteiger partial charge in [0.15, 0.2) is 0 Å². The first-order valence-corrected chi connectivity index (χ1v) is 7.57. The van der Waals surface area contributed by atoms with Gasteiger partial charge in [-0.2, -0.15) is 0 Å². The molecule has 0 bridgehead atoms. The molecule has 2 saturated heterocycles. The van der Waals surface area contributed by atoms with E-state index in [1.54, 1.807) is 20.8 Å². The second-order valence-corrected chi connectivity index (χ2v) is 6.41. The Bertz CT molecular complexity index is 730. The van der Waals surface area contributed by atoms with E-state index in [0.717, 1.165) is 4.90 Å². The van der Waals surface area contributed by atoms with Gasteiger partial charge < -0.3 is 5.73 Å². The number of likely N-dealkylation sites (tertiary alicyclic amines) is 1. The normalized spacial score (nSPS) is 26.4. The van der Waals surface area contributed by atoms with Crippen molar-refractivity contribution in [2.75, 3.05) is 0 Å². The molecule has 2 aliphatic rings. The Hall–Kier alpha value is -2.54.